The Kier molecular flexibility index (Phi) is 2.13. The van der Waals surface area contributed by atoms with Crippen molar-refractivity contribution in [2.75, 3.05) is 5.32 Å². The maximum Gasteiger partial charge on any atom is 0.157 e. The van der Waals surface area contributed by atoms with E-state index in [1.54, 1.807) is 0 Å². The van der Waals surface area contributed by atoms with Crippen molar-refractivity contribution in [1.29, 1.82) is 0 Å². The van der Waals surface area contributed by atoms with Crippen LogP contribution in [0, 0.1) is 13.8 Å². The number of nitrogens with one attached hydrogen (secondary N) is 1. The average molecular weight is 168 g/mol. The van der Waals surface area contributed by atoms with E-state index in [0.29, 0.717) is 0 Å². The lowest BCUT2D eigenvalue weighted by Gasteiger charge is -2.21. The molecule has 3 nitrogen and oxygen atoms in total. The number of anilines is 1. The molecule has 68 valence electrons. The number of aromatic nitrogens is 1. The van der Waals surface area contributed by atoms with Crippen LogP contribution in [0.3, 0.4) is 0 Å². The summed E-state index contributed by atoms with van der Waals surface area (Å²) in [5, 5.41) is 7.20. The minimum absolute atomic E-state index is 0.0566. The van der Waals surface area contributed by atoms with Crippen LogP contribution in [0.4, 0.5) is 5.69 Å². The SMILES string of the molecule is Cc1noc(C)c1NC(C)(C)C. The molecule has 0 aliphatic carbocycles. The first-order valence-electron chi connectivity index (χ1n) is 4.11. The summed E-state index contributed by atoms with van der Waals surface area (Å²) in [5.41, 5.74) is 1.99. The molecule has 1 rings (SSSR count). The van der Waals surface area contributed by atoms with Crippen LogP contribution in [0.2, 0.25) is 0 Å². The van der Waals surface area contributed by atoms with E-state index in [9.17, 15) is 0 Å². The Bertz CT molecular complexity index is 251. The Morgan fingerprint density at radius 2 is 1.83 bits per heavy atom. The summed E-state index contributed by atoms with van der Waals surface area (Å²) >= 11 is 0. The van der Waals surface area contributed by atoms with Gasteiger partial charge in [-0.05, 0) is 34.6 Å². The lowest BCUT2D eigenvalue weighted by molar-refractivity contribution is 0.393. The largest absolute Gasteiger partial charge is 0.376 e. The number of aryl methyl sites for hydroxylation is 2. The highest BCUT2D eigenvalue weighted by molar-refractivity contribution is 5.51. The Morgan fingerprint density at radius 3 is 2.17 bits per heavy atom. The summed E-state index contributed by atoms with van der Waals surface area (Å²) in [5.74, 6) is 0.849. The first-order chi connectivity index (χ1) is 5.40. The molecule has 0 aliphatic heterocycles. The van der Waals surface area contributed by atoms with E-state index in [4.69, 9.17) is 4.52 Å². The molecule has 0 atom stereocenters. The van der Waals surface area contributed by atoms with Crippen LogP contribution in [0.25, 0.3) is 0 Å². The zero-order valence-corrected chi connectivity index (χ0v) is 8.36. The lowest BCUT2D eigenvalue weighted by atomic mass is 10.1. The monoisotopic (exact) mass is 168 g/mol. The molecule has 0 saturated heterocycles. The zero-order chi connectivity index (χ0) is 9.35. The second kappa shape index (κ2) is 2.81. The van der Waals surface area contributed by atoms with Gasteiger partial charge in [0.15, 0.2) is 5.76 Å². The van der Waals surface area contributed by atoms with Gasteiger partial charge in [0.1, 0.15) is 11.4 Å². The van der Waals surface area contributed by atoms with Gasteiger partial charge in [-0.1, -0.05) is 5.16 Å². The molecule has 0 unspecified atom stereocenters. The summed E-state index contributed by atoms with van der Waals surface area (Å²) in [6.07, 6.45) is 0. The molecular weight excluding hydrogens is 152 g/mol. The smallest absolute Gasteiger partial charge is 0.157 e. The topological polar surface area (TPSA) is 38.1 Å². The van der Waals surface area contributed by atoms with Crippen molar-refractivity contribution in [3.8, 4) is 0 Å². The summed E-state index contributed by atoms with van der Waals surface area (Å²) in [6.45, 7) is 10.2. The van der Waals surface area contributed by atoms with E-state index in [0.717, 1.165) is 17.1 Å². The van der Waals surface area contributed by atoms with Crippen molar-refractivity contribution in [3.63, 3.8) is 0 Å². The molecule has 1 aromatic rings. The molecule has 0 spiro atoms. The second-order valence-corrected chi connectivity index (χ2v) is 4.07. The maximum absolute atomic E-state index is 5.03. The highest BCUT2D eigenvalue weighted by Gasteiger charge is 2.15. The predicted molar refractivity (Wildman–Crippen MR) is 49.4 cm³/mol. The molecule has 0 aliphatic rings. The van der Waals surface area contributed by atoms with Gasteiger partial charge in [0, 0.05) is 5.54 Å². The third-order valence-corrected chi connectivity index (χ3v) is 1.53. The predicted octanol–water partition coefficient (Wildman–Crippen LogP) is 2.50. The van der Waals surface area contributed by atoms with E-state index in [2.05, 4.69) is 31.2 Å². The Hall–Kier alpha value is -0.990. The first kappa shape index (κ1) is 9.10. The summed E-state index contributed by atoms with van der Waals surface area (Å²) < 4.78 is 5.03. The molecule has 1 N–H and O–H groups in total. The van der Waals surface area contributed by atoms with Crippen molar-refractivity contribution in [1.82, 2.24) is 5.16 Å². The van der Waals surface area contributed by atoms with Gasteiger partial charge in [0.05, 0.1) is 0 Å². The molecule has 1 aromatic heterocycles. The fraction of sp³-hybridized carbons (Fsp3) is 0.667. The number of nitrogens with zero attached hydrogens (tertiary/aromatic N) is 1. The maximum atomic E-state index is 5.03. The summed E-state index contributed by atoms with van der Waals surface area (Å²) in [4.78, 5) is 0. The lowest BCUT2D eigenvalue weighted by Crippen LogP contribution is -2.26. The Balaban J connectivity index is 2.88. The molecule has 3 heteroatoms. The van der Waals surface area contributed by atoms with Crippen LogP contribution >= 0.6 is 0 Å². The standard InChI is InChI=1S/C9H16N2O/c1-6-8(7(2)12-11-6)10-9(3,4)5/h10H,1-5H3. The Labute approximate surface area is 73.1 Å². The quantitative estimate of drug-likeness (QED) is 0.700. The molecular formula is C9H16N2O. The molecule has 1 heterocycles. The van der Waals surface area contributed by atoms with E-state index < -0.39 is 0 Å². The van der Waals surface area contributed by atoms with Crippen molar-refractivity contribution in [2.24, 2.45) is 0 Å². The molecule has 0 amide bonds. The fourth-order valence-electron chi connectivity index (χ4n) is 1.04. The molecule has 12 heavy (non-hydrogen) atoms. The van der Waals surface area contributed by atoms with E-state index in [1.807, 2.05) is 13.8 Å². The van der Waals surface area contributed by atoms with Crippen LogP contribution in [0.15, 0.2) is 4.52 Å². The van der Waals surface area contributed by atoms with Crippen LogP contribution in [0.1, 0.15) is 32.2 Å². The number of hydrogen-bond donors (Lipinski definition) is 1. The minimum atomic E-state index is 0.0566. The van der Waals surface area contributed by atoms with Crippen LogP contribution in [0.5, 0.6) is 0 Å². The normalized spacial score (nSPS) is 11.8. The van der Waals surface area contributed by atoms with Crippen LogP contribution in [-0.2, 0) is 0 Å². The van der Waals surface area contributed by atoms with Crippen molar-refractivity contribution < 1.29 is 4.52 Å². The number of hydrogen-bond acceptors (Lipinski definition) is 3. The van der Waals surface area contributed by atoms with Gasteiger partial charge in [-0.15, -0.1) is 0 Å². The zero-order valence-electron chi connectivity index (χ0n) is 8.36. The minimum Gasteiger partial charge on any atom is -0.376 e. The summed E-state index contributed by atoms with van der Waals surface area (Å²) in [6, 6.07) is 0. The van der Waals surface area contributed by atoms with E-state index in [1.165, 1.54) is 0 Å². The molecule has 0 aromatic carbocycles. The molecule has 0 bridgehead atoms. The highest BCUT2D eigenvalue weighted by Crippen LogP contribution is 2.22. The Morgan fingerprint density at radius 1 is 1.25 bits per heavy atom. The van der Waals surface area contributed by atoms with Gasteiger partial charge in [0.2, 0.25) is 0 Å². The highest BCUT2D eigenvalue weighted by atomic mass is 16.5. The van der Waals surface area contributed by atoms with Gasteiger partial charge < -0.3 is 9.84 Å². The van der Waals surface area contributed by atoms with Gasteiger partial charge in [-0.3, -0.25) is 0 Å². The van der Waals surface area contributed by atoms with E-state index in [-0.39, 0.29) is 5.54 Å². The number of rotatable bonds is 1. The third kappa shape index (κ3) is 2.00. The van der Waals surface area contributed by atoms with Gasteiger partial charge in [-0.25, -0.2) is 0 Å². The van der Waals surface area contributed by atoms with Crippen LogP contribution in [-0.4, -0.2) is 10.7 Å². The molecule has 0 radical (unpaired) electrons. The second-order valence-electron chi connectivity index (χ2n) is 4.07. The van der Waals surface area contributed by atoms with Gasteiger partial charge in [-0.2, -0.15) is 0 Å². The van der Waals surface area contributed by atoms with Crippen molar-refractivity contribution in [3.05, 3.63) is 11.5 Å². The van der Waals surface area contributed by atoms with Crippen LogP contribution < -0.4 is 5.32 Å². The van der Waals surface area contributed by atoms with Gasteiger partial charge >= 0.3 is 0 Å². The molecule has 0 fully saturated rings. The van der Waals surface area contributed by atoms with Gasteiger partial charge in [0.25, 0.3) is 0 Å². The fourth-order valence-corrected chi connectivity index (χ4v) is 1.04. The summed E-state index contributed by atoms with van der Waals surface area (Å²) in [7, 11) is 0. The van der Waals surface area contributed by atoms with E-state index >= 15 is 0 Å². The van der Waals surface area contributed by atoms with Crippen molar-refractivity contribution >= 4 is 5.69 Å². The molecule has 0 saturated carbocycles. The average Bonchev–Trinajstić information content (AvgIpc) is 2.16. The first-order valence-corrected chi connectivity index (χ1v) is 4.11. The van der Waals surface area contributed by atoms with Crippen molar-refractivity contribution in [2.45, 2.75) is 40.2 Å². The third-order valence-electron chi connectivity index (χ3n) is 1.53.